The van der Waals surface area contributed by atoms with Crippen LogP contribution in [0.15, 0.2) is 53.3 Å². The molecule has 0 radical (unpaired) electrons. The number of thiophene rings is 1. The quantitative estimate of drug-likeness (QED) is 0.613. The summed E-state index contributed by atoms with van der Waals surface area (Å²) in [5, 5.41) is 5.46. The van der Waals surface area contributed by atoms with Crippen LogP contribution in [0, 0.1) is 0 Å². The van der Waals surface area contributed by atoms with Gasteiger partial charge in [0.2, 0.25) is 0 Å². The Labute approximate surface area is 116 Å². The zero-order valence-corrected chi connectivity index (χ0v) is 11.7. The van der Waals surface area contributed by atoms with E-state index >= 15 is 0 Å². The van der Waals surface area contributed by atoms with Crippen molar-refractivity contribution in [1.82, 2.24) is 0 Å². The van der Waals surface area contributed by atoms with Crippen molar-refractivity contribution >= 4 is 34.5 Å². The van der Waals surface area contributed by atoms with Crippen LogP contribution in [0.4, 0.5) is 11.4 Å². The van der Waals surface area contributed by atoms with Crippen molar-refractivity contribution in [1.29, 1.82) is 0 Å². The Morgan fingerprint density at radius 1 is 1.33 bits per heavy atom. The molecule has 0 amide bonds. The number of hydrogen-bond acceptors (Lipinski definition) is 4. The molecule has 0 aliphatic heterocycles. The first kappa shape index (κ1) is 13.1. The van der Waals surface area contributed by atoms with Crippen molar-refractivity contribution in [3.63, 3.8) is 0 Å². The number of nitrogens with one attached hydrogen (secondary N) is 1. The third kappa shape index (κ3) is 3.31. The first-order valence-corrected chi connectivity index (χ1v) is 7.56. The first-order chi connectivity index (χ1) is 8.81. The monoisotopic (exact) mass is 276 g/mol. The number of benzene rings is 1. The fourth-order valence-corrected chi connectivity index (χ4v) is 3.06. The second-order valence-corrected chi connectivity index (χ2v) is 5.81. The van der Waals surface area contributed by atoms with E-state index in [9.17, 15) is 0 Å². The van der Waals surface area contributed by atoms with Crippen molar-refractivity contribution in [3.05, 3.63) is 53.2 Å². The second kappa shape index (κ2) is 6.52. The molecule has 1 heterocycles. The van der Waals surface area contributed by atoms with Gasteiger partial charge in [0.1, 0.15) is 0 Å². The Morgan fingerprint density at radius 2 is 2.17 bits per heavy atom. The molecule has 1 aromatic carbocycles. The van der Waals surface area contributed by atoms with E-state index in [4.69, 9.17) is 5.73 Å². The van der Waals surface area contributed by atoms with E-state index in [0.29, 0.717) is 0 Å². The van der Waals surface area contributed by atoms with Gasteiger partial charge in [-0.3, -0.25) is 0 Å². The molecular formula is C14H16N2S2. The smallest absolute Gasteiger partial charge is 0.0515 e. The molecule has 0 atom stereocenters. The lowest BCUT2D eigenvalue weighted by molar-refractivity contribution is 1.17. The molecule has 0 fully saturated rings. The standard InChI is InChI=1S/C14H16N2S2/c1-2-8-17-13-6-4-3-5-12(13)16-10-14-11(15)7-9-18-14/h2-7,9,16H,1,8,10,15H2. The maximum atomic E-state index is 5.87. The largest absolute Gasteiger partial charge is 0.398 e. The van der Waals surface area contributed by atoms with Gasteiger partial charge in [0.05, 0.1) is 6.54 Å². The number of hydrogen-bond donors (Lipinski definition) is 2. The van der Waals surface area contributed by atoms with Crippen molar-refractivity contribution in [2.75, 3.05) is 16.8 Å². The molecule has 4 heteroatoms. The van der Waals surface area contributed by atoms with E-state index in [-0.39, 0.29) is 0 Å². The highest BCUT2D eigenvalue weighted by molar-refractivity contribution is 7.99. The highest BCUT2D eigenvalue weighted by atomic mass is 32.2. The molecule has 18 heavy (non-hydrogen) atoms. The van der Waals surface area contributed by atoms with E-state index in [0.717, 1.165) is 23.7 Å². The number of rotatable bonds is 6. The van der Waals surface area contributed by atoms with Gasteiger partial charge in [0.25, 0.3) is 0 Å². The lowest BCUT2D eigenvalue weighted by Gasteiger charge is -2.10. The van der Waals surface area contributed by atoms with Crippen LogP contribution in [0.5, 0.6) is 0 Å². The van der Waals surface area contributed by atoms with Crippen LogP contribution in [0.3, 0.4) is 0 Å². The summed E-state index contributed by atoms with van der Waals surface area (Å²) in [6.45, 7) is 4.52. The first-order valence-electron chi connectivity index (χ1n) is 5.69. The molecule has 0 aliphatic carbocycles. The van der Waals surface area contributed by atoms with Crippen LogP contribution in [-0.2, 0) is 6.54 Å². The predicted octanol–water partition coefficient (Wildman–Crippen LogP) is 4.22. The summed E-state index contributed by atoms with van der Waals surface area (Å²) in [6, 6.07) is 10.2. The van der Waals surface area contributed by atoms with Crippen molar-refractivity contribution in [3.8, 4) is 0 Å². The minimum absolute atomic E-state index is 0.773. The molecule has 94 valence electrons. The van der Waals surface area contributed by atoms with Gasteiger partial charge in [-0.2, -0.15) is 0 Å². The molecule has 0 bridgehead atoms. The zero-order chi connectivity index (χ0) is 12.8. The highest BCUT2D eigenvalue weighted by Crippen LogP contribution is 2.28. The normalized spacial score (nSPS) is 10.2. The Hall–Kier alpha value is -1.39. The van der Waals surface area contributed by atoms with Crippen LogP contribution in [0.2, 0.25) is 0 Å². The number of para-hydroxylation sites is 1. The third-order valence-electron chi connectivity index (χ3n) is 2.46. The van der Waals surface area contributed by atoms with Gasteiger partial charge < -0.3 is 11.1 Å². The van der Waals surface area contributed by atoms with Gasteiger partial charge in [0.15, 0.2) is 0 Å². The van der Waals surface area contributed by atoms with Gasteiger partial charge in [-0.15, -0.1) is 29.7 Å². The zero-order valence-electron chi connectivity index (χ0n) is 10.1. The van der Waals surface area contributed by atoms with Crippen molar-refractivity contribution in [2.45, 2.75) is 11.4 Å². The second-order valence-electron chi connectivity index (χ2n) is 3.75. The summed E-state index contributed by atoms with van der Waals surface area (Å²) in [6.07, 6.45) is 1.92. The van der Waals surface area contributed by atoms with E-state index in [1.54, 1.807) is 23.1 Å². The van der Waals surface area contributed by atoms with Gasteiger partial charge in [0, 0.05) is 26.9 Å². The van der Waals surface area contributed by atoms with Gasteiger partial charge in [-0.25, -0.2) is 0 Å². The molecular weight excluding hydrogens is 260 g/mol. The number of nitrogen functional groups attached to an aromatic ring is 1. The maximum absolute atomic E-state index is 5.87. The summed E-state index contributed by atoms with van der Waals surface area (Å²) < 4.78 is 0. The SMILES string of the molecule is C=CCSc1ccccc1NCc1sccc1N. The molecule has 2 rings (SSSR count). The number of thioether (sulfide) groups is 1. The number of anilines is 2. The van der Waals surface area contributed by atoms with Crippen LogP contribution < -0.4 is 11.1 Å². The molecule has 1 aromatic heterocycles. The van der Waals surface area contributed by atoms with Crippen molar-refractivity contribution < 1.29 is 0 Å². The summed E-state index contributed by atoms with van der Waals surface area (Å²) in [4.78, 5) is 2.42. The lowest BCUT2D eigenvalue weighted by Crippen LogP contribution is -2.01. The van der Waals surface area contributed by atoms with Gasteiger partial charge in [-0.1, -0.05) is 18.2 Å². The Kier molecular flexibility index (Phi) is 4.73. The Bertz CT molecular complexity index is 520. The Balaban J connectivity index is 2.04. The number of nitrogens with two attached hydrogens (primary N) is 1. The van der Waals surface area contributed by atoms with Crippen LogP contribution in [-0.4, -0.2) is 5.75 Å². The molecule has 3 N–H and O–H groups in total. The van der Waals surface area contributed by atoms with Crippen molar-refractivity contribution in [2.24, 2.45) is 0 Å². The third-order valence-corrected chi connectivity index (χ3v) is 4.47. The maximum Gasteiger partial charge on any atom is 0.0515 e. The summed E-state index contributed by atoms with van der Waals surface area (Å²) in [5.41, 5.74) is 7.89. The van der Waals surface area contributed by atoms with Crippen LogP contribution in [0.1, 0.15) is 4.88 Å². The van der Waals surface area contributed by atoms with E-state index < -0.39 is 0 Å². The van der Waals surface area contributed by atoms with Crippen LogP contribution >= 0.6 is 23.1 Å². The average molecular weight is 276 g/mol. The molecule has 0 aliphatic rings. The minimum atomic E-state index is 0.773. The molecule has 2 aromatic rings. The average Bonchev–Trinajstić information content (AvgIpc) is 2.80. The molecule has 0 saturated heterocycles. The fraction of sp³-hybridized carbons (Fsp3) is 0.143. The summed E-state index contributed by atoms with van der Waals surface area (Å²) in [5.74, 6) is 0.917. The molecule has 0 unspecified atom stereocenters. The molecule has 0 spiro atoms. The van der Waals surface area contributed by atoms with E-state index in [1.165, 1.54) is 9.77 Å². The summed E-state index contributed by atoms with van der Waals surface area (Å²) >= 11 is 3.46. The predicted molar refractivity (Wildman–Crippen MR) is 83.4 cm³/mol. The molecule has 2 nitrogen and oxygen atoms in total. The molecule has 0 saturated carbocycles. The van der Waals surface area contributed by atoms with E-state index in [2.05, 4.69) is 30.1 Å². The van der Waals surface area contributed by atoms with Gasteiger partial charge >= 0.3 is 0 Å². The van der Waals surface area contributed by atoms with E-state index in [1.807, 2.05) is 23.6 Å². The minimum Gasteiger partial charge on any atom is -0.398 e. The van der Waals surface area contributed by atoms with Crippen LogP contribution in [0.25, 0.3) is 0 Å². The lowest BCUT2D eigenvalue weighted by atomic mass is 10.3. The highest BCUT2D eigenvalue weighted by Gasteiger charge is 2.03. The fourth-order valence-electron chi connectivity index (χ4n) is 1.56. The Morgan fingerprint density at radius 3 is 2.89 bits per heavy atom. The summed E-state index contributed by atoms with van der Waals surface area (Å²) in [7, 11) is 0. The van der Waals surface area contributed by atoms with Gasteiger partial charge in [-0.05, 0) is 23.6 Å². The topological polar surface area (TPSA) is 38.0 Å².